The van der Waals surface area contributed by atoms with Crippen molar-refractivity contribution in [3.63, 3.8) is 0 Å². The molecule has 0 fully saturated rings. The number of methoxy groups -OCH3 is 1. The molecule has 140 valence electrons. The number of aliphatic carboxylic acids is 1. The van der Waals surface area contributed by atoms with Gasteiger partial charge in [-0.2, -0.15) is 0 Å². The largest absolute Gasteiger partial charge is 0.497 e. The number of rotatable bonds is 6. The SMILES string of the molecule is COc1ccc2c(Oc3ccc(S(N)(=O)=NCC(=O)O)cc3)ccnc2c1. The summed E-state index contributed by atoms with van der Waals surface area (Å²) in [4.78, 5) is 15.1. The summed E-state index contributed by atoms with van der Waals surface area (Å²) in [5.74, 6) is 0.587. The highest BCUT2D eigenvalue weighted by molar-refractivity contribution is 7.91. The van der Waals surface area contributed by atoms with Crippen LogP contribution >= 0.6 is 0 Å². The Morgan fingerprint density at radius 2 is 1.89 bits per heavy atom. The molecule has 9 heteroatoms. The fourth-order valence-electron chi connectivity index (χ4n) is 2.37. The molecule has 0 bridgehead atoms. The molecule has 0 spiro atoms. The Kier molecular flexibility index (Phi) is 5.24. The summed E-state index contributed by atoms with van der Waals surface area (Å²) >= 11 is 0. The second-order valence-corrected chi connectivity index (χ2v) is 7.38. The van der Waals surface area contributed by atoms with Crippen LogP contribution in [0.5, 0.6) is 17.2 Å². The number of pyridine rings is 1. The smallest absolute Gasteiger partial charge is 0.326 e. The van der Waals surface area contributed by atoms with E-state index in [2.05, 4.69) is 9.35 Å². The molecule has 0 aliphatic rings. The van der Waals surface area contributed by atoms with E-state index in [4.69, 9.17) is 19.7 Å². The summed E-state index contributed by atoms with van der Waals surface area (Å²) in [6.07, 6.45) is 1.63. The maximum Gasteiger partial charge on any atom is 0.326 e. The molecule has 1 aromatic heterocycles. The molecule has 2 aromatic carbocycles. The lowest BCUT2D eigenvalue weighted by molar-refractivity contribution is -0.135. The number of carboxylic acids is 1. The standard InChI is InChI=1S/C18H17N3O5S/c1-25-13-4-7-15-16(10-13)20-9-8-17(15)26-12-2-5-14(6-3-12)27(19,24)21-11-18(22)23/h2-10H,11H2,1H3,(H,22,23)(H2,19,21,24). The van der Waals surface area contributed by atoms with Gasteiger partial charge in [-0.3, -0.25) is 9.78 Å². The molecule has 0 saturated carbocycles. The number of aromatic nitrogens is 1. The van der Waals surface area contributed by atoms with Gasteiger partial charge < -0.3 is 14.6 Å². The minimum Gasteiger partial charge on any atom is -0.497 e. The molecule has 3 aromatic rings. The van der Waals surface area contributed by atoms with Crippen molar-refractivity contribution in [2.75, 3.05) is 13.7 Å². The molecular formula is C18H17N3O5S. The van der Waals surface area contributed by atoms with Gasteiger partial charge in [-0.05, 0) is 42.5 Å². The molecule has 3 rings (SSSR count). The molecule has 0 aliphatic heterocycles. The van der Waals surface area contributed by atoms with Crippen molar-refractivity contribution in [1.82, 2.24) is 4.98 Å². The number of nitrogens with zero attached hydrogens (tertiary/aromatic N) is 2. The minimum atomic E-state index is -3.27. The normalized spacial score (nSPS) is 13.0. The summed E-state index contributed by atoms with van der Waals surface area (Å²) in [5, 5.41) is 15.1. The second kappa shape index (κ2) is 7.60. The zero-order valence-corrected chi connectivity index (χ0v) is 15.2. The first-order chi connectivity index (χ1) is 12.9. The van der Waals surface area contributed by atoms with E-state index in [-0.39, 0.29) is 4.90 Å². The van der Waals surface area contributed by atoms with Crippen molar-refractivity contribution in [3.8, 4) is 17.2 Å². The first kappa shape index (κ1) is 18.6. The lowest BCUT2D eigenvalue weighted by atomic mass is 10.2. The Labute approximate surface area is 155 Å². The molecule has 1 atom stereocenters. The van der Waals surface area contributed by atoms with Crippen LogP contribution in [0.2, 0.25) is 0 Å². The average Bonchev–Trinajstić information content (AvgIpc) is 2.67. The topological polar surface area (TPSA) is 124 Å². The third-order valence-electron chi connectivity index (χ3n) is 3.69. The van der Waals surface area contributed by atoms with Gasteiger partial charge in [0.1, 0.15) is 33.7 Å². The van der Waals surface area contributed by atoms with Gasteiger partial charge in [-0.1, -0.05) is 0 Å². The fraction of sp³-hybridized carbons (Fsp3) is 0.111. The lowest BCUT2D eigenvalue weighted by Crippen LogP contribution is -2.15. The number of carbonyl (C=O) groups is 1. The maximum absolute atomic E-state index is 12.3. The molecular weight excluding hydrogens is 370 g/mol. The number of benzene rings is 2. The van der Waals surface area contributed by atoms with Crippen molar-refractivity contribution in [2.45, 2.75) is 4.90 Å². The van der Waals surface area contributed by atoms with E-state index >= 15 is 0 Å². The lowest BCUT2D eigenvalue weighted by Gasteiger charge is -2.10. The van der Waals surface area contributed by atoms with E-state index in [1.807, 2.05) is 12.1 Å². The molecule has 0 amide bonds. The number of ether oxygens (including phenoxy) is 2. The van der Waals surface area contributed by atoms with Gasteiger partial charge in [0.25, 0.3) is 0 Å². The van der Waals surface area contributed by atoms with E-state index in [0.717, 1.165) is 10.9 Å². The Morgan fingerprint density at radius 3 is 2.56 bits per heavy atom. The van der Waals surface area contributed by atoms with Crippen LogP contribution in [0.4, 0.5) is 0 Å². The van der Waals surface area contributed by atoms with Crippen molar-refractivity contribution in [2.24, 2.45) is 9.50 Å². The number of fused-ring (bicyclic) bond motifs is 1. The van der Waals surface area contributed by atoms with Crippen LogP contribution in [0.15, 0.2) is 64.0 Å². The summed E-state index contributed by atoms with van der Waals surface area (Å²) < 4.78 is 26.9. The molecule has 27 heavy (non-hydrogen) atoms. The Hall–Kier alpha value is -3.17. The summed E-state index contributed by atoms with van der Waals surface area (Å²) in [5.41, 5.74) is 0.723. The predicted octanol–water partition coefficient (Wildman–Crippen LogP) is 2.82. The maximum atomic E-state index is 12.3. The third kappa shape index (κ3) is 4.33. The highest BCUT2D eigenvalue weighted by atomic mass is 32.2. The van der Waals surface area contributed by atoms with Crippen molar-refractivity contribution in [1.29, 1.82) is 0 Å². The third-order valence-corrected chi connectivity index (χ3v) is 5.15. The van der Waals surface area contributed by atoms with Gasteiger partial charge >= 0.3 is 5.97 Å². The van der Waals surface area contributed by atoms with Crippen molar-refractivity contribution >= 4 is 26.8 Å². The zero-order valence-electron chi connectivity index (χ0n) is 14.4. The first-order valence-electron chi connectivity index (χ1n) is 7.82. The van der Waals surface area contributed by atoms with Gasteiger partial charge in [-0.25, -0.2) is 13.7 Å². The highest BCUT2D eigenvalue weighted by Crippen LogP contribution is 2.31. The quantitative estimate of drug-likeness (QED) is 0.670. The molecule has 8 nitrogen and oxygen atoms in total. The summed E-state index contributed by atoms with van der Waals surface area (Å²) in [6.45, 7) is -0.625. The van der Waals surface area contributed by atoms with Gasteiger partial charge in [0.05, 0.1) is 17.5 Å². The van der Waals surface area contributed by atoms with E-state index in [0.29, 0.717) is 17.2 Å². The number of hydrogen-bond donors (Lipinski definition) is 2. The number of nitrogens with two attached hydrogens (primary N) is 1. The Bertz CT molecular complexity index is 1110. The summed E-state index contributed by atoms with van der Waals surface area (Å²) in [7, 11) is -1.69. The van der Waals surface area contributed by atoms with Crippen LogP contribution < -0.4 is 14.6 Å². The fourth-order valence-corrected chi connectivity index (χ4v) is 3.35. The van der Waals surface area contributed by atoms with Crippen LogP contribution in [-0.4, -0.2) is 33.9 Å². The molecule has 3 N–H and O–H groups in total. The van der Waals surface area contributed by atoms with Crippen LogP contribution in [0.25, 0.3) is 10.9 Å². The van der Waals surface area contributed by atoms with Crippen LogP contribution in [0, 0.1) is 0 Å². The van der Waals surface area contributed by atoms with E-state index in [1.54, 1.807) is 37.6 Å². The van der Waals surface area contributed by atoms with E-state index in [1.165, 1.54) is 12.1 Å². The van der Waals surface area contributed by atoms with E-state index < -0.39 is 22.4 Å². The first-order valence-corrected chi connectivity index (χ1v) is 9.40. The van der Waals surface area contributed by atoms with Gasteiger partial charge in [0, 0.05) is 17.6 Å². The monoisotopic (exact) mass is 387 g/mol. The highest BCUT2D eigenvalue weighted by Gasteiger charge is 2.10. The van der Waals surface area contributed by atoms with Crippen LogP contribution in [-0.2, 0) is 14.7 Å². The second-order valence-electron chi connectivity index (χ2n) is 5.52. The van der Waals surface area contributed by atoms with Gasteiger partial charge in [0.2, 0.25) is 0 Å². The molecule has 1 unspecified atom stereocenters. The number of carboxylic acid groups (broad SMARTS) is 1. The van der Waals surface area contributed by atoms with Gasteiger partial charge in [-0.15, -0.1) is 0 Å². The van der Waals surface area contributed by atoms with Crippen LogP contribution in [0.3, 0.4) is 0 Å². The number of hydrogen-bond acceptors (Lipinski definition) is 6. The molecule has 1 heterocycles. The van der Waals surface area contributed by atoms with Gasteiger partial charge in [0.15, 0.2) is 0 Å². The van der Waals surface area contributed by atoms with Crippen molar-refractivity contribution in [3.05, 3.63) is 54.7 Å². The van der Waals surface area contributed by atoms with Crippen molar-refractivity contribution < 1.29 is 23.6 Å². The molecule has 0 radical (unpaired) electrons. The molecule has 0 saturated heterocycles. The summed E-state index contributed by atoms with van der Waals surface area (Å²) in [6, 6.07) is 13.4. The minimum absolute atomic E-state index is 0.223. The van der Waals surface area contributed by atoms with Crippen LogP contribution in [0.1, 0.15) is 0 Å². The Balaban J connectivity index is 1.87. The Morgan fingerprint density at radius 1 is 1.19 bits per heavy atom. The zero-order chi connectivity index (χ0) is 19.4. The van der Waals surface area contributed by atoms with E-state index in [9.17, 15) is 9.00 Å². The average molecular weight is 387 g/mol. The predicted molar refractivity (Wildman–Crippen MR) is 100 cm³/mol. The molecule has 0 aliphatic carbocycles.